The lowest BCUT2D eigenvalue weighted by atomic mass is 9.78. The van der Waals surface area contributed by atoms with Gasteiger partial charge in [0.05, 0.1) is 50.9 Å². The first-order chi connectivity index (χ1) is 39.0. The van der Waals surface area contributed by atoms with Gasteiger partial charge in [0.2, 0.25) is 17.7 Å². The Balaban J connectivity index is 0.000000196. The molecule has 0 radical (unpaired) electrons. The third kappa shape index (κ3) is 14.6. The van der Waals surface area contributed by atoms with Crippen LogP contribution in [0.5, 0.6) is 0 Å². The molecule has 6 aromatic rings. The summed E-state index contributed by atoms with van der Waals surface area (Å²) >= 11 is 11.8. The van der Waals surface area contributed by atoms with Crippen molar-refractivity contribution in [2.75, 3.05) is 34.4 Å². The molecule has 20 heteroatoms. The zero-order valence-electron chi connectivity index (χ0n) is 45.2. The monoisotopic (exact) mass is 1140 g/mol. The van der Waals surface area contributed by atoms with E-state index in [9.17, 15) is 24.0 Å². The smallest absolute Gasteiger partial charge is 0.323 e. The topological polar surface area (TPSA) is 226 Å². The molecule has 5 heterocycles. The fourth-order valence-electron chi connectivity index (χ4n) is 11.3. The number of aromatic nitrogens is 4. The molecule has 81 heavy (non-hydrogen) atoms. The van der Waals surface area contributed by atoms with E-state index >= 15 is 8.78 Å². The third-order valence-corrected chi connectivity index (χ3v) is 16.5. The predicted octanol–water partition coefficient (Wildman–Crippen LogP) is 11.3. The van der Waals surface area contributed by atoms with Gasteiger partial charge in [-0.25, -0.2) is 23.5 Å². The number of anilines is 4. The van der Waals surface area contributed by atoms with E-state index in [1.54, 1.807) is 73.3 Å². The van der Waals surface area contributed by atoms with Crippen molar-refractivity contribution in [2.24, 2.45) is 41.2 Å². The minimum absolute atomic E-state index is 0.0343. The van der Waals surface area contributed by atoms with Gasteiger partial charge in [0, 0.05) is 43.7 Å². The second-order valence-corrected chi connectivity index (χ2v) is 23.0. The summed E-state index contributed by atoms with van der Waals surface area (Å²) in [6, 6.07) is 22.0. The quantitative estimate of drug-likeness (QED) is 0.0394. The molecule has 3 saturated carbocycles. The molecule has 1 saturated heterocycles. The molecule has 0 spiro atoms. The van der Waals surface area contributed by atoms with E-state index in [2.05, 4.69) is 46.5 Å². The highest BCUT2D eigenvalue weighted by Gasteiger charge is 2.43. The first kappa shape index (κ1) is 58.4. The Labute approximate surface area is 480 Å². The van der Waals surface area contributed by atoms with Crippen molar-refractivity contribution in [1.82, 2.24) is 30.2 Å². The number of carbonyl (C=O) groups is 5. The number of nitrogens with two attached hydrogens (primary N) is 1. The molecule has 4 fully saturated rings. The molecule has 3 aliphatic carbocycles. The number of nitrogens with zero attached hydrogens (tertiary/aromatic N) is 5. The Morgan fingerprint density at radius 1 is 0.630 bits per heavy atom. The highest BCUT2D eigenvalue weighted by molar-refractivity contribution is 6.30. The number of carbonyl (C=O) groups excluding carboxylic acids is 5. The van der Waals surface area contributed by atoms with Crippen molar-refractivity contribution in [3.63, 3.8) is 0 Å². The zero-order valence-corrected chi connectivity index (χ0v) is 46.7. The Morgan fingerprint density at radius 2 is 1.15 bits per heavy atom. The molecular weight excluding hydrogens is 1080 g/mol. The van der Waals surface area contributed by atoms with Gasteiger partial charge in [-0.15, -0.1) is 0 Å². The summed E-state index contributed by atoms with van der Waals surface area (Å²) in [5.41, 5.74) is 8.66. The molecule has 424 valence electrons. The summed E-state index contributed by atoms with van der Waals surface area (Å²) in [6.07, 6.45) is 20.0. The van der Waals surface area contributed by atoms with Crippen LogP contribution in [-0.4, -0.2) is 74.0 Å². The van der Waals surface area contributed by atoms with Crippen LogP contribution in [0.1, 0.15) is 107 Å². The van der Waals surface area contributed by atoms with Crippen molar-refractivity contribution in [2.45, 2.75) is 102 Å². The average Bonchev–Trinajstić information content (AvgIpc) is 4.55. The number of benzene rings is 2. The summed E-state index contributed by atoms with van der Waals surface area (Å²) in [7, 11) is 0. The number of amides is 5. The molecule has 5 amide bonds. The molecule has 3 unspecified atom stereocenters. The van der Waals surface area contributed by atoms with Crippen molar-refractivity contribution < 1.29 is 32.8 Å². The average molecular weight is 1140 g/mol. The van der Waals surface area contributed by atoms with E-state index in [0.29, 0.717) is 77.7 Å². The summed E-state index contributed by atoms with van der Waals surface area (Å²) in [6.45, 7) is 4.45. The van der Waals surface area contributed by atoms with Crippen LogP contribution < -0.4 is 32.3 Å². The molecule has 0 bridgehead atoms. The first-order valence-corrected chi connectivity index (χ1v) is 28.4. The molecule has 4 aliphatic rings. The minimum atomic E-state index is -0.863. The van der Waals surface area contributed by atoms with Gasteiger partial charge >= 0.3 is 6.03 Å². The molecular formula is C61H67Cl2F2N11O5. The van der Waals surface area contributed by atoms with Gasteiger partial charge in [0.15, 0.2) is 0 Å². The SMILES string of the molecule is C[C@@H]1C[C@H](C(=O)Nc2cc(C(N)(CCC3CC3)c3ccncc3)ccc2F)N(C(=O)Nc2ccc(Cl)cn2)C1.C[C@H]1CC(C(=O)Nc2ccc(Cl)cn2)[C@@H](C(=O)Nc2cc(C(CCC3CC3)(NCC=O)c3ccncc3)ccc2F)C1. The van der Waals surface area contributed by atoms with Crippen LogP contribution in [0.25, 0.3) is 0 Å². The standard InChI is InChI=1S/C32H35ClFN5O3.C29H32ClFN6O2/c1-20-16-25(26(17-20)31(42)39-29-7-5-24(33)19-36-29)30(41)38-28-18-23(4-6-27(28)34)32(37-14-15-40,11-8-21-2-3-21)22-9-12-35-13-10-22;1-18-14-25(37(17-18)28(39)36-26-7-5-22(30)16-34-26)27(38)35-24-15-21(4-6-23(24)31)29(32,11-8-19-2-3-19)20-9-12-33-13-10-20/h4-7,9-10,12-13,15,18-21,25-26,37H,2-3,8,11,14,16-17H2,1H3,(H,38,41)(H,36,39,42);4-7,9-10,12-13,15-16,18-19,25H,2-3,8,11,14,17,32H2,1H3,(H,35,38)(H,34,36,39)/t20-,25+,26?,32?;18-,25-,29?/m11/s1. The van der Waals surface area contributed by atoms with Gasteiger partial charge in [-0.3, -0.25) is 35.0 Å². The van der Waals surface area contributed by atoms with E-state index in [1.807, 2.05) is 38.1 Å². The summed E-state index contributed by atoms with van der Waals surface area (Å²) in [5.74, 6) is -1.36. The summed E-state index contributed by atoms with van der Waals surface area (Å²) < 4.78 is 30.2. The van der Waals surface area contributed by atoms with Crippen molar-refractivity contribution in [1.29, 1.82) is 0 Å². The summed E-state index contributed by atoms with van der Waals surface area (Å²) in [5, 5.41) is 15.3. The van der Waals surface area contributed by atoms with Crippen LogP contribution in [-0.2, 0) is 30.3 Å². The maximum Gasteiger partial charge on any atom is 0.323 e. The number of halogens is 4. The Hall–Kier alpha value is -7.25. The fourth-order valence-corrected chi connectivity index (χ4v) is 11.5. The van der Waals surface area contributed by atoms with Crippen LogP contribution >= 0.6 is 23.2 Å². The van der Waals surface area contributed by atoms with E-state index in [0.717, 1.165) is 35.8 Å². The lowest BCUT2D eigenvalue weighted by molar-refractivity contribution is -0.128. The molecule has 7 N–H and O–H groups in total. The zero-order chi connectivity index (χ0) is 57.3. The van der Waals surface area contributed by atoms with Gasteiger partial charge in [-0.1, -0.05) is 74.9 Å². The maximum absolute atomic E-state index is 15.2. The first-order valence-electron chi connectivity index (χ1n) is 27.6. The molecule has 10 rings (SSSR count). The van der Waals surface area contributed by atoms with E-state index in [1.165, 1.54) is 55.1 Å². The third-order valence-electron chi connectivity index (χ3n) is 16.1. The van der Waals surface area contributed by atoms with Gasteiger partial charge in [-0.05, 0) is 164 Å². The second kappa shape index (κ2) is 26.1. The molecule has 16 nitrogen and oxygen atoms in total. The number of hydrogen-bond donors (Lipinski definition) is 6. The number of nitrogens with one attached hydrogen (secondary N) is 5. The molecule has 1 aliphatic heterocycles. The van der Waals surface area contributed by atoms with Crippen molar-refractivity contribution in [3.05, 3.63) is 166 Å². The van der Waals surface area contributed by atoms with E-state index in [-0.39, 0.29) is 35.7 Å². The van der Waals surface area contributed by atoms with Gasteiger partial charge in [0.1, 0.15) is 35.6 Å². The van der Waals surface area contributed by atoms with Crippen LogP contribution in [0, 0.1) is 47.1 Å². The largest absolute Gasteiger partial charge is 0.323 e. The van der Waals surface area contributed by atoms with Crippen molar-refractivity contribution in [3.8, 4) is 0 Å². The van der Waals surface area contributed by atoms with E-state index in [4.69, 9.17) is 28.9 Å². The predicted molar refractivity (Wildman–Crippen MR) is 308 cm³/mol. The number of pyridine rings is 4. The molecule has 4 aromatic heterocycles. The fraction of sp³-hybridized carbons (Fsp3) is 0.393. The number of rotatable bonds is 20. The second-order valence-electron chi connectivity index (χ2n) is 22.2. The summed E-state index contributed by atoms with van der Waals surface area (Å²) in [4.78, 5) is 82.6. The minimum Gasteiger partial charge on any atom is -0.323 e. The number of urea groups is 1. The van der Waals surface area contributed by atoms with Crippen molar-refractivity contribution >= 4 is 76.3 Å². The number of aldehydes is 1. The van der Waals surface area contributed by atoms with Gasteiger partial charge in [0.25, 0.3) is 0 Å². The van der Waals surface area contributed by atoms with Gasteiger partial charge < -0.3 is 31.4 Å². The lowest BCUT2D eigenvalue weighted by Gasteiger charge is -2.36. The van der Waals surface area contributed by atoms with Crippen LogP contribution in [0.4, 0.5) is 36.6 Å². The van der Waals surface area contributed by atoms with Crippen LogP contribution in [0.3, 0.4) is 0 Å². The normalized spacial score (nSPS) is 20.9. The maximum atomic E-state index is 15.2. The highest BCUT2D eigenvalue weighted by Crippen LogP contribution is 2.44. The number of hydrogen-bond acceptors (Lipinski definition) is 11. The van der Waals surface area contributed by atoms with Gasteiger partial charge in [-0.2, -0.15) is 0 Å². The molecule has 2 aromatic carbocycles. The van der Waals surface area contributed by atoms with Crippen LogP contribution in [0.15, 0.2) is 122 Å². The van der Waals surface area contributed by atoms with Crippen LogP contribution in [0.2, 0.25) is 10.0 Å². The number of likely N-dealkylation sites (tertiary alicyclic amines) is 1. The Kier molecular flexibility index (Phi) is 18.8. The lowest BCUT2D eigenvalue weighted by Crippen LogP contribution is -2.45. The molecule has 7 atom stereocenters. The Morgan fingerprint density at radius 3 is 1.70 bits per heavy atom. The highest BCUT2D eigenvalue weighted by atomic mass is 35.5. The Bertz CT molecular complexity index is 3180. The van der Waals surface area contributed by atoms with E-state index < -0.39 is 58.4 Å².